The lowest BCUT2D eigenvalue weighted by Crippen LogP contribution is -2.59. The largest absolute Gasteiger partial charge is 0.480 e. The lowest BCUT2D eigenvalue weighted by molar-refractivity contribution is -0.143. The molecule has 6 unspecified atom stereocenters. The van der Waals surface area contributed by atoms with Crippen molar-refractivity contribution in [1.29, 1.82) is 0 Å². The third-order valence-corrected chi connectivity index (χ3v) is 6.56. The van der Waals surface area contributed by atoms with E-state index in [2.05, 4.69) is 16.0 Å². The summed E-state index contributed by atoms with van der Waals surface area (Å²) >= 11 is 1.52. The summed E-state index contributed by atoms with van der Waals surface area (Å²) in [6, 6.07) is -3.54. The first-order chi connectivity index (χ1) is 15.4. The molecule has 0 aromatic heterocycles. The van der Waals surface area contributed by atoms with Gasteiger partial charge in [0.1, 0.15) is 18.1 Å². The second-order valence-corrected chi connectivity index (χ2v) is 10.1. The normalized spacial score (nSPS) is 16.8. The van der Waals surface area contributed by atoms with Crippen molar-refractivity contribution in [2.45, 2.75) is 91.4 Å². The molecule has 33 heavy (non-hydrogen) atoms. The Kier molecular flexibility index (Phi) is 15.1. The Balaban J connectivity index is 5.54. The highest BCUT2D eigenvalue weighted by molar-refractivity contribution is 7.98. The minimum absolute atomic E-state index is 0.0420. The Morgan fingerprint density at radius 2 is 1.39 bits per heavy atom. The molecule has 0 aromatic carbocycles. The maximum absolute atomic E-state index is 13.1. The van der Waals surface area contributed by atoms with E-state index in [1.165, 1.54) is 11.8 Å². The minimum Gasteiger partial charge on any atom is -0.480 e. The maximum Gasteiger partial charge on any atom is 0.326 e. The summed E-state index contributed by atoms with van der Waals surface area (Å²) in [5.74, 6) is -2.10. The van der Waals surface area contributed by atoms with Gasteiger partial charge in [0.05, 0.1) is 6.04 Å². The number of nitrogens with one attached hydrogen (secondary N) is 3. The van der Waals surface area contributed by atoms with Crippen molar-refractivity contribution in [3.8, 4) is 0 Å². The molecule has 0 aliphatic heterocycles. The van der Waals surface area contributed by atoms with E-state index in [4.69, 9.17) is 5.73 Å². The highest BCUT2D eigenvalue weighted by atomic mass is 32.2. The highest BCUT2D eigenvalue weighted by Crippen LogP contribution is 2.12. The van der Waals surface area contributed by atoms with Crippen LogP contribution in [0.4, 0.5) is 0 Å². The topological polar surface area (TPSA) is 151 Å². The second-order valence-electron chi connectivity index (χ2n) is 9.15. The highest BCUT2D eigenvalue weighted by Gasteiger charge is 2.33. The smallest absolute Gasteiger partial charge is 0.326 e. The van der Waals surface area contributed by atoms with E-state index in [-0.39, 0.29) is 24.2 Å². The van der Waals surface area contributed by atoms with E-state index < -0.39 is 47.9 Å². The zero-order valence-corrected chi connectivity index (χ0v) is 22.0. The van der Waals surface area contributed by atoms with E-state index in [9.17, 15) is 24.3 Å². The minimum atomic E-state index is -1.12. The van der Waals surface area contributed by atoms with Crippen LogP contribution < -0.4 is 21.7 Å². The van der Waals surface area contributed by atoms with Crippen LogP contribution in [0.3, 0.4) is 0 Å². The molecule has 3 amide bonds. The van der Waals surface area contributed by atoms with Crippen LogP contribution in [-0.2, 0) is 19.2 Å². The fraction of sp³-hybridized carbons (Fsp3) is 0.826. The van der Waals surface area contributed by atoms with Crippen LogP contribution in [0.5, 0.6) is 0 Å². The molecule has 0 bridgehead atoms. The number of hydrogen-bond donors (Lipinski definition) is 5. The van der Waals surface area contributed by atoms with Gasteiger partial charge in [0, 0.05) is 0 Å². The monoisotopic (exact) mass is 488 g/mol. The Morgan fingerprint density at radius 3 is 1.85 bits per heavy atom. The number of rotatable bonds is 16. The van der Waals surface area contributed by atoms with Crippen LogP contribution in [0.1, 0.15) is 67.2 Å². The standard InChI is InChI=1S/C23H44N4O5S/c1-8-14(5)18(24)21(29)27-19(15(6)9-2)22(30)25-16(10-11-33-7)20(28)26-17(23(31)32)12-13(3)4/h13-19H,8-12,24H2,1-7H3,(H,25,30)(H,26,28)(H,27,29)(H,31,32). The molecule has 0 heterocycles. The number of amides is 3. The van der Waals surface area contributed by atoms with Gasteiger partial charge in [-0.3, -0.25) is 14.4 Å². The second kappa shape index (κ2) is 15.9. The van der Waals surface area contributed by atoms with E-state index in [0.717, 1.165) is 6.42 Å². The molecule has 9 nitrogen and oxygen atoms in total. The summed E-state index contributed by atoms with van der Waals surface area (Å²) in [6.45, 7) is 11.3. The molecule has 0 aliphatic rings. The van der Waals surface area contributed by atoms with Crippen molar-refractivity contribution in [3.63, 3.8) is 0 Å². The Morgan fingerprint density at radius 1 is 0.848 bits per heavy atom. The first kappa shape index (κ1) is 31.2. The fourth-order valence-corrected chi connectivity index (χ4v) is 3.67. The Hall–Kier alpha value is -1.81. The van der Waals surface area contributed by atoms with Crippen LogP contribution in [0.25, 0.3) is 0 Å². The average Bonchev–Trinajstić information content (AvgIpc) is 2.77. The van der Waals surface area contributed by atoms with Crippen LogP contribution in [0, 0.1) is 17.8 Å². The molecule has 0 saturated heterocycles. The number of carboxylic acids is 1. The van der Waals surface area contributed by atoms with E-state index in [1.807, 2.05) is 47.8 Å². The average molecular weight is 489 g/mol. The third-order valence-electron chi connectivity index (χ3n) is 5.92. The number of carboxylic acid groups (broad SMARTS) is 1. The van der Waals surface area contributed by atoms with Crippen molar-refractivity contribution < 1.29 is 24.3 Å². The van der Waals surface area contributed by atoms with Gasteiger partial charge >= 0.3 is 5.97 Å². The maximum atomic E-state index is 13.1. The number of nitrogens with two attached hydrogens (primary N) is 1. The predicted molar refractivity (Wildman–Crippen MR) is 133 cm³/mol. The van der Waals surface area contributed by atoms with E-state index in [1.54, 1.807) is 0 Å². The van der Waals surface area contributed by atoms with Gasteiger partial charge < -0.3 is 26.8 Å². The fourth-order valence-electron chi connectivity index (χ4n) is 3.19. The summed E-state index contributed by atoms with van der Waals surface area (Å²) < 4.78 is 0. The summed E-state index contributed by atoms with van der Waals surface area (Å²) in [5.41, 5.74) is 6.03. The molecule has 6 atom stereocenters. The van der Waals surface area contributed by atoms with Gasteiger partial charge in [-0.2, -0.15) is 11.8 Å². The number of carbonyl (C=O) groups excluding carboxylic acids is 3. The summed E-state index contributed by atoms with van der Waals surface area (Å²) in [7, 11) is 0. The molecular formula is C23H44N4O5S. The summed E-state index contributed by atoms with van der Waals surface area (Å²) in [6.07, 6.45) is 3.86. The van der Waals surface area contributed by atoms with Crippen molar-refractivity contribution in [1.82, 2.24) is 16.0 Å². The van der Waals surface area contributed by atoms with Gasteiger partial charge in [-0.15, -0.1) is 0 Å². The van der Waals surface area contributed by atoms with E-state index in [0.29, 0.717) is 18.6 Å². The number of thioether (sulfide) groups is 1. The van der Waals surface area contributed by atoms with Crippen LogP contribution in [0.2, 0.25) is 0 Å². The Labute approximate surface area is 202 Å². The van der Waals surface area contributed by atoms with Gasteiger partial charge in [0.2, 0.25) is 17.7 Å². The number of carbonyl (C=O) groups is 4. The lowest BCUT2D eigenvalue weighted by Gasteiger charge is -2.29. The third kappa shape index (κ3) is 11.2. The van der Waals surface area contributed by atoms with Gasteiger partial charge in [-0.05, 0) is 42.6 Å². The first-order valence-electron chi connectivity index (χ1n) is 11.8. The SMILES string of the molecule is CCC(C)C(N)C(=O)NC(C(=O)NC(CCSC)C(=O)NC(CC(C)C)C(=O)O)C(C)CC. The van der Waals surface area contributed by atoms with Gasteiger partial charge in [0.15, 0.2) is 0 Å². The summed E-state index contributed by atoms with van der Waals surface area (Å²) in [4.78, 5) is 50.2. The number of hydrogen-bond acceptors (Lipinski definition) is 6. The van der Waals surface area contributed by atoms with Gasteiger partial charge in [0.25, 0.3) is 0 Å². The zero-order chi connectivity index (χ0) is 25.7. The van der Waals surface area contributed by atoms with Crippen LogP contribution in [-0.4, -0.2) is 65.0 Å². The lowest BCUT2D eigenvalue weighted by atomic mass is 9.95. The molecule has 192 valence electrons. The van der Waals surface area contributed by atoms with Crippen LogP contribution in [0.15, 0.2) is 0 Å². The number of aliphatic carboxylic acids is 1. The quantitative estimate of drug-likeness (QED) is 0.222. The van der Waals surface area contributed by atoms with Crippen molar-refractivity contribution >= 4 is 35.5 Å². The molecule has 10 heteroatoms. The van der Waals surface area contributed by atoms with E-state index >= 15 is 0 Å². The van der Waals surface area contributed by atoms with Gasteiger partial charge in [-0.25, -0.2) is 4.79 Å². The molecular weight excluding hydrogens is 444 g/mol. The van der Waals surface area contributed by atoms with Crippen molar-refractivity contribution in [3.05, 3.63) is 0 Å². The zero-order valence-electron chi connectivity index (χ0n) is 21.1. The summed E-state index contributed by atoms with van der Waals surface area (Å²) in [5, 5.41) is 17.5. The predicted octanol–water partition coefficient (Wildman–Crippen LogP) is 1.74. The van der Waals surface area contributed by atoms with Crippen molar-refractivity contribution in [2.75, 3.05) is 12.0 Å². The molecule has 0 radical (unpaired) electrons. The first-order valence-corrected chi connectivity index (χ1v) is 13.2. The molecule has 0 spiro atoms. The van der Waals surface area contributed by atoms with Crippen molar-refractivity contribution in [2.24, 2.45) is 23.5 Å². The molecule has 0 rings (SSSR count). The molecule has 0 saturated carbocycles. The molecule has 0 fully saturated rings. The molecule has 6 N–H and O–H groups in total. The van der Waals surface area contributed by atoms with Gasteiger partial charge in [-0.1, -0.05) is 54.4 Å². The van der Waals surface area contributed by atoms with Crippen LogP contribution >= 0.6 is 11.8 Å². The molecule has 0 aliphatic carbocycles. The Bertz CT molecular complexity index is 646. The molecule has 0 aromatic rings.